The average Bonchev–Trinajstić information content (AvgIpc) is 3.86. The maximum absolute atomic E-state index is 4.95. The number of aromatic nitrogens is 5. The molecule has 5 nitrogen and oxygen atoms in total. The molecule has 0 aliphatic carbocycles. The van der Waals surface area contributed by atoms with Crippen LogP contribution in [-0.2, 0) is 0 Å². The number of para-hydroxylation sites is 2. The number of nitrogens with zero attached hydrogens (tertiary/aromatic N) is 5. The molecule has 0 saturated carbocycles. The fourth-order valence-electron chi connectivity index (χ4n) is 7.68. The molecule has 6 heteroatoms. The molecule has 0 aliphatic rings. The zero-order chi connectivity index (χ0) is 37.0. The monoisotopic (exact) mass is 733 g/mol. The highest BCUT2D eigenvalue weighted by Gasteiger charge is 2.16. The summed E-state index contributed by atoms with van der Waals surface area (Å²) >= 11 is 1.74. The molecule has 11 rings (SSSR count). The van der Waals surface area contributed by atoms with Crippen molar-refractivity contribution in [3.8, 4) is 61.5 Å². The zero-order valence-corrected chi connectivity index (χ0v) is 30.9. The van der Waals surface area contributed by atoms with Crippen molar-refractivity contribution in [3.05, 3.63) is 188 Å². The molecule has 0 aliphatic heterocycles. The molecule has 0 N–H and O–H groups in total. The highest BCUT2D eigenvalue weighted by molar-refractivity contribution is 7.21. The van der Waals surface area contributed by atoms with E-state index in [9.17, 15) is 0 Å². The van der Waals surface area contributed by atoms with Gasteiger partial charge < -0.3 is 4.57 Å². The zero-order valence-electron chi connectivity index (χ0n) is 30.0. The molecule has 262 valence electrons. The van der Waals surface area contributed by atoms with Crippen LogP contribution in [0.5, 0.6) is 0 Å². The Kier molecular flexibility index (Phi) is 7.60. The van der Waals surface area contributed by atoms with Crippen molar-refractivity contribution in [2.24, 2.45) is 0 Å². The quantitative estimate of drug-likeness (QED) is 0.171. The predicted octanol–water partition coefficient (Wildman–Crippen LogP) is 13.1. The minimum absolute atomic E-state index is 0.647. The molecule has 0 bridgehead atoms. The van der Waals surface area contributed by atoms with Crippen LogP contribution >= 0.6 is 11.3 Å². The van der Waals surface area contributed by atoms with Crippen molar-refractivity contribution in [3.63, 3.8) is 0 Å². The van der Waals surface area contributed by atoms with Crippen LogP contribution in [-0.4, -0.2) is 24.5 Å². The number of hydrogen-bond donors (Lipinski definition) is 0. The van der Waals surface area contributed by atoms with Crippen molar-refractivity contribution in [2.75, 3.05) is 0 Å². The summed E-state index contributed by atoms with van der Waals surface area (Å²) in [5, 5.41) is 5.87. The van der Waals surface area contributed by atoms with Gasteiger partial charge >= 0.3 is 0 Å². The largest absolute Gasteiger partial charge is 0.309 e. The lowest BCUT2D eigenvalue weighted by Crippen LogP contribution is -2.00. The Morgan fingerprint density at radius 3 is 1.64 bits per heavy atom. The molecule has 0 fully saturated rings. The van der Waals surface area contributed by atoms with E-state index in [0.717, 1.165) is 49.6 Å². The van der Waals surface area contributed by atoms with E-state index < -0.39 is 0 Å². The highest BCUT2D eigenvalue weighted by Crippen LogP contribution is 2.38. The van der Waals surface area contributed by atoms with E-state index in [4.69, 9.17) is 19.9 Å². The smallest absolute Gasteiger partial charge is 0.164 e. The van der Waals surface area contributed by atoms with Gasteiger partial charge in [-0.2, -0.15) is 0 Å². The highest BCUT2D eigenvalue weighted by atomic mass is 32.1. The molecule has 0 spiro atoms. The van der Waals surface area contributed by atoms with Crippen LogP contribution in [0.15, 0.2) is 188 Å². The second kappa shape index (κ2) is 13.2. The van der Waals surface area contributed by atoms with Crippen LogP contribution in [0.25, 0.3) is 104 Å². The minimum atomic E-state index is 0.647. The van der Waals surface area contributed by atoms with Gasteiger partial charge in [-0.05, 0) is 76.5 Å². The Balaban J connectivity index is 0.932. The first-order chi connectivity index (χ1) is 27.7. The third-order valence-corrected chi connectivity index (χ3v) is 11.6. The van der Waals surface area contributed by atoms with Crippen LogP contribution in [0, 0.1) is 0 Å². The first-order valence-electron chi connectivity index (χ1n) is 18.6. The first-order valence-corrected chi connectivity index (χ1v) is 19.4. The molecule has 11 aromatic rings. The Morgan fingerprint density at radius 2 is 0.911 bits per heavy atom. The summed E-state index contributed by atoms with van der Waals surface area (Å²) in [5.74, 6) is 1.96. The minimum Gasteiger partial charge on any atom is -0.309 e. The summed E-state index contributed by atoms with van der Waals surface area (Å²) in [7, 11) is 0. The van der Waals surface area contributed by atoms with Gasteiger partial charge in [-0.1, -0.05) is 133 Å². The van der Waals surface area contributed by atoms with Crippen LogP contribution in [0.2, 0.25) is 0 Å². The normalized spacial score (nSPS) is 11.6. The molecular weight excluding hydrogens is 703 g/mol. The number of hydrogen-bond acceptors (Lipinski definition) is 5. The van der Waals surface area contributed by atoms with Gasteiger partial charge in [0, 0.05) is 38.7 Å². The summed E-state index contributed by atoms with van der Waals surface area (Å²) in [6, 6.07) is 65.9. The summed E-state index contributed by atoms with van der Waals surface area (Å²) in [6.07, 6.45) is 0. The Bertz CT molecular complexity index is 3150. The lowest BCUT2D eigenvalue weighted by molar-refractivity contribution is 1.07. The molecular formula is C50H31N5S. The van der Waals surface area contributed by atoms with Crippen LogP contribution in [0.1, 0.15) is 0 Å². The second-order valence-corrected chi connectivity index (χ2v) is 15.0. The van der Waals surface area contributed by atoms with Crippen LogP contribution < -0.4 is 0 Å². The molecule has 8 aromatic carbocycles. The van der Waals surface area contributed by atoms with Gasteiger partial charge in [0.1, 0.15) is 5.01 Å². The maximum Gasteiger partial charge on any atom is 0.164 e. The van der Waals surface area contributed by atoms with Crippen molar-refractivity contribution in [2.45, 2.75) is 0 Å². The van der Waals surface area contributed by atoms with E-state index >= 15 is 0 Å². The predicted molar refractivity (Wildman–Crippen MR) is 232 cm³/mol. The molecule has 3 heterocycles. The van der Waals surface area contributed by atoms with Gasteiger partial charge in [0.15, 0.2) is 17.5 Å². The number of benzene rings is 8. The van der Waals surface area contributed by atoms with Gasteiger partial charge in [-0.3, -0.25) is 0 Å². The van der Waals surface area contributed by atoms with Gasteiger partial charge in [0.25, 0.3) is 0 Å². The van der Waals surface area contributed by atoms with Gasteiger partial charge in [-0.15, -0.1) is 11.3 Å². The van der Waals surface area contributed by atoms with Gasteiger partial charge in [0.05, 0.1) is 21.3 Å². The second-order valence-electron chi connectivity index (χ2n) is 13.9. The van der Waals surface area contributed by atoms with E-state index in [0.29, 0.717) is 17.5 Å². The van der Waals surface area contributed by atoms with E-state index in [1.165, 1.54) is 37.3 Å². The van der Waals surface area contributed by atoms with Crippen LogP contribution in [0.3, 0.4) is 0 Å². The molecule has 56 heavy (non-hydrogen) atoms. The number of rotatable bonds is 6. The number of fused-ring (bicyclic) bond motifs is 5. The SMILES string of the molecule is c1ccc(-c2nc(-c3ccccc3)nc(-c3ccc(-c4ccc5cc(-n6c7ccccc7c7cc(-c8nc9ccccc9s8)ccc76)ccc5c4)cc3)n2)cc1. The summed E-state index contributed by atoms with van der Waals surface area (Å²) in [4.78, 5) is 19.6. The standard InChI is InChI=1S/C50H31N5S/c1-3-11-33(12-4-1)47-52-48(34-13-5-2-6-14-34)54-49(53-47)35-21-19-32(20-22-35)36-23-24-38-30-40(27-25-37(38)29-36)55-44-17-9-7-15-41(44)42-31-39(26-28-45(42)55)50-51-43-16-8-10-18-46(43)56-50/h1-31H. The van der Waals surface area contributed by atoms with Crippen molar-refractivity contribution in [1.82, 2.24) is 24.5 Å². The van der Waals surface area contributed by atoms with Crippen molar-refractivity contribution in [1.29, 1.82) is 0 Å². The van der Waals surface area contributed by atoms with E-state index in [2.05, 4.69) is 126 Å². The molecule has 0 saturated heterocycles. The first kappa shape index (κ1) is 32.2. The van der Waals surface area contributed by atoms with Gasteiger partial charge in [0.2, 0.25) is 0 Å². The molecule has 0 amide bonds. The Hall–Kier alpha value is -7.28. The summed E-state index contributed by atoms with van der Waals surface area (Å²) in [5.41, 5.74) is 10.8. The molecule has 0 unspecified atom stereocenters. The molecule has 0 atom stereocenters. The topological polar surface area (TPSA) is 56.5 Å². The summed E-state index contributed by atoms with van der Waals surface area (Å²) < 4.78 is 3.59. The van der Waals surface area contributed by atoms with Crippen LogP contribution in [0.4, 0.5) is 0 Å². The number of thiazole rings is 1. The summed E-state index contributed by atoms with van der Waals surface area (Å²) in [6.45, 7) is 0. The molecule has 3 aromatic heterocycles. The third kappa shape index (κ3) is 5.63. The van der Waals surface area contributed by atoms with Crippen molar-refractivity contribution < 1.29 is 0 Å². The lowest BCUT2D eigenvalue weighted by atomic mass is 9.99. The Labute approximate surface area is 326 Å². The van der Waals surface area contributed by atoms with E-state index in [1.807, 2.05) is 66.7 Å². The maximum atomic E-state index is 4.95. The lowest BCUT2D eigenvalue weighted by Gasteiger charge is -2.11. The fourth-order valence-corrected chi connectivity index (χ4v) is 8.64. The van der Waals surface area contributed by atoms with Gasteiger partial charge in [-0.25, -0.2) is 19.9 Å². The Morgan fingerprint density at radius 1 is 0.357 bits per heavy atom. The molecule has 0 radical (unpaired) electrons. The third-order valence-electron chi connectivity index (χ3n) is 10.5. The average molecular weight is 734 g/mol. The van der Waals surface area contributed by atoms with E-state index in [1.54, 1.807) is 11.3 Å². The van der Waals surface area contributed by atoms with Crippen molar-refractivity contribution >= 4 is 54.1 Å². The fraction of sp³-hybridized carbons (Fsp3) is 0. The van der Waals surface area contributed by atoms with E-state index in [-0.39, 0.29) is 0 Å².